The Bertz CT molecular complexity index is 694. The number of thiazole rings is 1. The lowest BCUT2D eigenvalue weighted by Crippen LogP contribution is -2.29. The first kappa shape index (κ1) is 15.7. The predicted octanol–water partition coefficient (Wildman–Crippen LogP) is 2.18. The largest absolute Gasteiger partial charge is 0.317 e. The van der Waals surface area contributed by atoms with Crippen LogP contribution < -0.4 is 10.6 Å². The Labute approximate surface area is 144 Å². The second-order valence-electron chi connectivity index (χ2n) is 6.47. The van der Waals surface area contributed by atoms with E-state index in [1.807, 2.05) is 4.68 Å². The van der Waals surface area contributed by atoms with Crippen molar-refractivity contribution in [3.8, 4) is 0 Å². The Morgan fingerprint density at radius 3 is 2.96 bits per heavy atom. The van der Waals surface area contributed by atoms with Gasteiger partial charge in [0, 0.05) is 4.88 Å². The first-order valence-electron chi connectivity index (χ1n) is 8.72. The molecule has 1 aliphatic heterocycles. The second kappa shape index (κ2) is 6.98. The fourth-order valence-corrected chi connectivity index (χ4v) is 4.42. The topological polar surface area (TPSA) is 84.7 Å². The molecule has 8 heteroatoms. The number of carbonyl (C=O) groups excluding carboxylic acids is 1. The van der Waals surface area contributed by atoms with Crippen LogP contribution in [0.2, 0.25) is 0 Å². The molecular formula is C16H22N6OS. The lowest BCUT2D eigenvalue weighted by molar-refractivity contribution is 0.102. The van der Waals surface area contributed by atoms with Crippen LogP contribution in [0.15, 0.2) is 6.20 Å². The molecule has 2 aromatic rings. The van der Waals surface area contributed by atoms with Crippen molar-refractivity contribution in [3.63, 3.8) is 0 Å². The van der Waals surface area contributed by atoms with Crippen molar-refractivity contribution in [2.24, 2.45) is 0 Å². The number of hydrogen-bond donors (Lipinski definition) is 2. The van der Waals surface area contributed by atoms with Crippen molar-refractivity contribution < 1.29 is 4.79 Å². The molecule has 0 atom stereocenters. The number of amides is 1. The van der Waals surface area contributed by atoms with Crippen LogP contribution in [0.1, 0.15) is 59.2 Å². The number of hydrogen-bond acceptors (Lipinski definition) is 6. The molecule has 24 heavy (non-hydrogen) atoms. The monoisotopic (exact) mass is 346 g/mol. The summed E-state index contributed by atoms with van der Waals surface area (Å²) < 4.78 is 1.83. The van der Waals surface area contributed by atoms with Crippen LogP contribution in [-0.2, 0) is 12.8 Å². The third kappa shape index (κ3) is 3.34. The summed E-state index contributed by atoms with van der Waals surface area (Å²) in [5.74, 6) is -0.223. The quantitative estimate of drug-likeness (QED) is 0.832. The van der Waals surface area contributed by atoms with E-state index in [1.165, 1.54) is 24.1 Å². The molecular weight excluding hydrogens is 324 g/mol. The summed E-state index contributed by atoms with van der Waals surface area (Å²) >= 11 is 1.60. The van der Waals surface area contributed by atoms with Crippen LogP contribution in [-0.4, -0.2) is 39.0 Å². The molecule has 128 valence electrons. The summed E-state index contributed by atoms with van der Waals surface area (Å²) in [4.78, 5) is 18.3. The van der Waals surface area contributed by atoms with Crippen molar-refractivity contribution in [2.45, 2.75) is 51.0 Å². The second-order valence-corrected chi connectivity index (χ2v) is 7.55. The number of nitrogens with zero attached hydrogens (tertiary/aromatic N) is 4. The normalized spacial score (nSPS) is 18.8. The molecule has 0 radical (unpaired) electrons. The van der Waals surface area contributed by atoms with Gasteiger partial charge in [0.15, 0.2) is 10.8 Å². The maximum absolute atomic E-state index is 12.4. The fraction of sp³-hybridized carbons (Fsp3) is 0.625. The minimum absolute atomic E-state index is 0.223. The SMILES string of the molecule is O=C(Nc1nc2c(s1)CCCCC2)c1cn(C2CCNCC2)nn1. The minimum atomic E-state index is -0.223. The maximum atomic E-state index is 12.4. The lowest BCUT2D eigenvalue weighted by Gasteiger charge is -2.21. The molecule has 1 saturated heterocycles. The molecule has 1 fully saturated rings. The number of aryl methyl sites for hydroxylation is 2. The smallest absolute Gasteiger partial charge is 0.279 e. The third-order valence-corrected chi connectivity index (χ3v) is 5.81. The van der Waals surface area contributed by atoms with Gasteiger partial charge >= 0.3 is 0 Å². The molecule has 0 aromatic carbocycles. The van der Waals surface area contributed by atoms with Gasteiger partial charge in [0.05, 0.1) is 17.9 Å². The van der Waals surface area contributed by atoms with Gasteiger partial charge in [0.25, 0.3) is 5.91 Å². The van der Waals surface area contributed by atoms with Gasteiger partial charge in [-0.15, -0.1) is 16.4 Å². The zero-order valence-corrected chi connectivity index (χ0v) is 14.4. The molecule has 0 spiro atoms. The van der Waals surface area contributed by atoms with E-state index >= 15 is 0 Å². The van der Waals surface area contributed by atoms with E-state index < -0.39 is 0 Å². The highest BCUT2D eigenvalue weighted by molar-refractivity contribution is 7.15. The summed E-state index contributed by atoms with van der Waals surface area (Å²) in [6, 6.07) is 0.330. The fourth-order valence-electron chi connectivity index (χ4n) is 3.37. The van der Waals surface area contributed by atoms with Crippen molar-refractivity contribution in [3.05, 3.63) is 22.5 Å². The highest BCUT2D eigenvalue weighted by Gasteiger charge is 2.20. The molecule has 0 bridgehead atoms. The van der Waals surface area contributed by atoms with Crippen molar-refractivity contribution in [2.75, 3.05) is 18.4 Å². The maximum Gasteiger partial charge on any atom is 0.279 e. The van der Waals surface area contributed by atoms with Gasteiger partial charge in [-0.1, -0.05) is 11.6 Å². The first-order chi connectivity index (χ1) is 11.8. The Morgan fingerprint density at radius 1 is 1.25 bits per heavy atom. The van der Waals surface area contributed by atoms with Crippen LogP contribution >= 0.6 is 11.3 Å². The molecule has 1 aliphatic carbocycles. The lowest BCUT2D eigenvalue weighted by atomic mass is 10.1. The van der Waals surface area contributed by atoms with Gasteiger partial charge in [0.2, 0.25) is 0 Å². The highest BCUT2D eigenvalue weighted by atomic mass is 32.1. The number of rotatable bonds is 3. The molecule has 0 unspecified atom stereocenters. The third-order valence-electron chi connectivity index (χ3n) is 4.74. The summed E-state index contributed by atoms with van der Waals surface area (Å²) in [5, 5.41) is 15.1. The van der Waals surface area contributed by atoms with Gasteiger partial charge < -0.3 is 5.32 Å². The van der Waals surface area contributed by atoms with Crippen LogP contribution in [0.5, 0.6) is 0 Å². The molecule has 2 aliphatic rings. The van der Waals surface area contributed by atoms with E-state index in [-0.39, 0.29) is 5.91 Å². The number of nitrogens with one attached hydrogen (secondary N) is 2. The van der Waals surface area contributed by atoms with Gasteiger partial charge in [-0.05, 0) is 51.6 Å². The Hall–Kier alpha value is -1.80. The van der Waals surface area contributed by atoms with Gasteiger partial charge in [-0.2, -0.15) is 0 Å². The van der Waals surface area contributed by atoms with Crippen LogP contribution in [0, 0.1) is 0 Å². The molecule has 3 heterocycles. The highest BCUT2D eigenvalue weighted by Crippen LogP contribution is 2.29. The van der Waals surface area contributed by atoms with E-state index in [0.717, 1.165) is 44.5 Å². The minimum Gasteiger partial charge on any atom is -0.317 e. The number of piperidine rings is 1. The molecule has 2 aromatic heterocycles. The number of anilines is 1. The number of fused-ring (bicyclic) bond motifs is 1. The van der Waals surface area contributed by atoms with E-state index in [4.69, 9.17) is 0 Å². The Balaban J connectivity index is 1.43. The van der Waals surface area contributed by atoms with E-state index in [2.05, 4.69) is 25.9 Å². The molecule has 1 amide bonds. The van der Waals surface area contributed by atoms with Gasteiger partial charge in [-0.25, -0.2) is 9.67 Å². The predicted molar refractivity (Wildman–Crippen MR) is 92.5 cm³/mol. The summed E-state index contributed by atoms with van der Waals surface area (Å²) in [7, 11) is 0. The molecule has 7 nitrogen and oxygen atoms in total. The van der Waals surface area contributed by atoms with Gasteiger partial charge in [0.1, 0.15) is 0 Å². The Kier molecular flexibility index (Phi) is 4.57. The van der Waals surface area contributed by atoms with E-state index in [0.29, 0.717) is 16.9 Å². The average Bonchev–Trinajstić information content (AvgIpc) is 3.18. The molecule has 0 saturated carbocycles. The molecule has 2 N–H and O–H groups in total. The standard InChI is InChI=1S/C16H22N6OS/c23-15(13-10-22(21-20-13)11-6-8-17-9-7-11)19-16-18-12-4-2-1-3-5-14(12)24-16/h10-11,17H,1-9H2,(H,18,19,23). The van der Waals surface area contributed by atoms with E-state index in [9.17, 15) is 4.79 Å². The summed E-state index contributed by atoms with van der Waals surface area (Å²) in [6.45, 7) is 1.97. The van der Waals surface area contributed by atoms with Crippen molar-refractivity contribution in [1.29, 1.82) is 0 Å². The Morgan fingerprint density at radius 2 is 2.08 bits per heavy atom. The van der Waals surface area contributed by atoms with Crippen LogP contribution in [0.25, 0.3) is 0 Å². The summed E-state index contributed by atoms with van der Waals surface area (Å²) in [6.07, 6.45) is 9.56. The average molecular weight is 346 g/mol. The summed E-state index contributed by atoms with van der Waals surface area (Å²) in [5.41, 5.74) is 1.52. The van der Waals surface area contributed by atoms with Crippen LogP contribution in [0.4, 0.5) is 5.13 Å². The van der Waals surface area contributed by atoms with Crippen molar-refractivity contribution in [1.82, 2.24) is 25.3 Å². The first-order valence-corrected chi connectivity index (χ1v) is 9.54. The van der Waals surface area contributed by atoms with Crippen molar-refractivity contribution >= 4 is 22.4 Å². The number of aromatic nitrogens is 4. The number of carbonyl (C=O) groups is 1. The van der Waals surface area contributed by atoms with E-state index in [1.54, 1.807) is 17.5 Å². The zero-order valence-electron chi connectivity index (χ0n) is 13.6. The van der Waals surface area contributed by atoms with Crippen LogP contribution in [0.3, 0.4) is 0 Å². The zero-order chi connectivity index (χ0) is 16.4. The molecule has 4 rings (SSSR count). The van der Waals surface area contributed by atoms with Gasteiger partial charge in [-0.3, -0.25) is 10.1 Å².